The molecule has 2 atom stereocenters. The molecule has 0 spiro atoms. The van der Waals surface area contributed by atoms with Gasteiger partial charge >= 0.3 is 6.09 Å². The summed E-state index contributed by atoms with van der Waals surface area (Å²) in [4.78, 5) is 58.4. The van der Waals surface area contributed by atoms with Gasteiger partial charge in [-0.3, -0.25) is 9.59 Å². The molecule has 2 aromatic heterocycles. The van der Waals surface area contributed by atoms with Gasteiger partial charge in [-0.2, -0.15) is 0 Å². The van der Waals surface area contributed by atoms with Gasteiger partial charge in [-0.15, -0.1) is 0 Å². The number of imidazole rings is 2. The monoisotopic (exact) mass is 717 g/mol. The number of carbonyl (C=O) groups excluding carboxylic acids is 3. The highest BCUT2D eigenvalue weighted by molar-refractivity contribution is 5.87. The number of nitrogens with one attached hydrogen (secondary N) is 3. The van der Waals surface area contributed by atoms with E-state index in [1.165, 1.54) is 7.11 Å². The molecule has 1 aliphatic rings. The van der Waals surface area contributed by atoms with E-state index in [1.807, 2.05) is 60.5 Å². The zero-order valence-electron chi connectivity index (χ0n) is 30.5. The maximum absolute atomic E-state index is 13.8. The minimum Gasteiger partial charge on any atom is -0.453 e. The van der Waals surface area contributed by atoms with E-state index in [0.29, 0.717) is 37.6 Å². The summed E-state index contributed by atoms with van der Waals surface area (Å²) < 4.78 is 10.4. The largest absolute Gasteiger partial charge is 0.453 e. The van der Waals surface area contributed by atoms with Crippen LogP contribution in [0.4, 0.5) is 4.79 Å². The number of nitrogens with zero attached hydrogens (tertiary/aromatic N) is 4. The fourth-order valence-corrected chi connectivity index (χ4v) is 6.57. The topological polar surface area (TPSA) is 146 Å². The molecular weight excluding hydrogens is 670 g/mol. The first-order valence-electron chi connectivity index (χ1n) is 18.2. The van der Waals surface area contributed by atoms with Crippen molar-refractivity contribution in [2.45, 2.75) is 64.8 Å². The molecule has 1 aliphatic heterocycles. The van der Waals surface area contributed by atoms with Crippen molar-refractivity contribution in [1.29, 1.82) is 0 Å². The van der Waals surface area contributed by atoms with Crippen LogP contribution in [0.1, 0.15) is 62.8 Å². The van der Waals surface area contributed by atoms with Crippen LogP contribution in [0.5, 0.6) is 0 Å². The maximum Gasteiger partial charge on any atom is 0.407 e. The molecule has 1 fully saturated rings. The molecule has 0 unspecified atom stereocenters. The van der Waals surface area contributed by atoms with Crippen LogP contribution in [0.15, 0.2) is 91.3 Å². The number of H-pyrrole nitrogens is 2. The summed E-state index contributed by atoms with van der Waals surface area (Å²) >= 11 is 0. The van der Waals surface area contributed by atoms with E-state index in [9.17, 15) is 14.4 Å². The molecule has 0 aliphatic carbocycles. The number of aromatic nitrogens is 4. The highest BCUT2D eigenvalue weighted by Gasteiger charge is 2.29. The molecule has 0 saturated carbocycles. The minimum atomic E-state index is -0.890. The van der Waals surface area contributed by atoms with Crippen molar-refractivity contribution in [3.05, 3.63) is 108 Å². The second-order valence-corrected chi connectivity index (χ2v) is 13.1. The fraction of sp³-hybridized carbons (Fsp3) is 0.341. The first kappa shape index (κ1) is 37.0. The molecule has 3 amide bonds. The molecule has 3 N–H and O–H groups in total. The van der Waals surface area contributed by atoms with Gasteiger partial charge in [0.25, 0.3) is 5.91 Å². The van der Waals surface area contributed by atoms with Gasteiger partial charge in [0.15, 0.2) is 0 Å². The number of carbonyl (C=O) groups is 3. The molecule has 12 heteroatoms. The Kier molecular flexibility index (Phi) is 12.3. The summed E-state index contributed by atoms with van der Waals surface area (Å²) in [6.45, 7) is 6.55. The van der Waals surface area contributed by atoms with Gasteiger partial charge in [-0.05, 0) is 53.5 Å². The normalized spacial score (nSPS) is 14.4. The van der Waals surface area contributed by atoms with Crippen LogP contribution in [0.2, 0.25) is 0 Å². The minimum absolute atomic E-state index is 0.0415. The lowest BCUT2D eigenvalue weighted by Crippen LogP contribution is -2.43. The number of alkyl carbamates (subject to hydrolysis) is 1. The van der Waals surface area contributed by atoms with E-state index in [4.69, 9.17) is 9.47 Å². The molecule has 3 aromatic carbocycles. The van der Waals surface area contributed by atoms with Crippen molar-refractivity contribution in [1.82, 2.24) is 35.1 Å². The lowest BCUT2D eigenvalue weighted by atomic mass is 10.0. The molecule has 0 radical (unpaired) electrons. The Morgan fingerprint density at radius 3 is 1.83 bits per heavy atom. The van der Waals surface area contributed by atoms with Crippen LogP contribution < -0.4 is 5.32 Å². The second kappa shape index (κ2) is 17.6. The van der Waals surface area contributed by atoms with Crippen LogP contribution in [-0.2, 0) is 32.2 Å². The summed E-state index contributed by atoms with van der Waals surface area (Å²) in [6.07, 6.45) is 5.87. The Balaban J connectivity index is 1.09. The first-order valence-corrected chi connectivity index (χ1v) is 18.2. The first-order chi connectivity index (χ1) is 25.9. The predicted octanol–water partition coefficient (Wildman–Crippen LogP) is 6.89. The maximum atomic E-state index is 13.8. The van der Waals surface area contributed by atoms with Gasteiger partial charge in [-0.25, -0.2) is 14.8 Å². The molecule has 276 valence electrons. The summed E-state index contributed by atoms with van der Waals surface area (Å²) in [5, 5.41) is 2.69. The number of hydrogen-bond acceptors (Lipinski definition) is 7. The zero-order chi connectivity index (χ0) is 37.2. The molecule has 5 aromatic rings. The lowest BCUT2D eigenvalue weighted by molar-refractivity contribution is -0.141. The van der Waals surface area contributed by atoms with E-state index >= 15 is 0 Å². The smallest absolute Gasteiger partial charge is 0.407 e. The Labute approximate surface area is 309 Å². The number of methoxy groups -OCH3 is 1. The number of ether oxygens (including phenoxy) is 2. The van der Waals surface area contributed by atoms with Crippen molar-refractivity contribution in [3.8, 4) is 33.6 Å². The molecule has 3 heterocycles. The SMILES string of the molecule is CCCN(Cc1ncc(-c2ccc(-c3ccc(-c4cnc(CN(CCC)C(=O)[C@H](NC(=O)OC)c5ccccc5)[nH]4)cc3)cc2)[nH]1)C(=O)[C@H]1CCCO1. The zero-order valence-corrected chi connectivity index (χ0v) is 30.5. The molecular formula is C41H47N7O5. The summed E-state index contributed by atoms with van der Waals surface area (Å²) in [7, 11) is 1.28. The van der Waals surface area contributed by atoms with Crippen molar-refractivity contribution >= 4 is 17.9 Å². The lowest BCUT2D eigenvalue weighted by Gasteiger charge is -2.27. The summed E-state index contributed by atoms with van der Waals surface area (Å²) in [5.74, 6) is 1.18. The van der Waals surface area contributed by atoms with Crippen LogP contribution in [-0.4, -0.2) is 80.6 Å². The van der Waals surface area contributed by atoms with Crippen molar-refractivity contribution in [3.63, 3.8) is 0 Å². The highest BCUT2D eigenvalue weighted by Crippen LogP contribution is 2.27. The van der Waals surface area contributed by atoms with Crippen molar-refractivity contribution in [2.75, 3.05) is 26.8 Å². The predicted molar refractivity (Wildman–Crippen MR) is 202 cm³/mol. The summed E-state index contributed by atoms with van der Waals surface area (Å²) in [5.41, 5.74) is 6.51. The fourth-order valence-electron chi connectivity index (χ4n) is 6.57. The second-order valence-electron chi connectivity index (χ2n) is 13.1. The highest BCUT2D eigenvalue weighted by atomic mass is 16.5. The molecule has 12 nitrogen and oxygen atoms in total. The van der Waals surface area contributed by atoms with E-state index in [-0.39, 0.29) is 24.5 Å². The van der Waals surface area contributed by atoms with Gasteiger partial charge in [0.1, 0.15) is 23.8 Å². The van der Waals surface area contributed by atoms with Crippen LogP contribution in [0, 0.1) is 0 Å². The van der Waals surface area contributed by atoms with Crippen LogP contribution >= 0.6 is 0 Å². The van der Waals surface area contributed by atoms with Crippen molar-refractivity contribution in [2.24, 2.45) is 0 Å². The van der Waals surface area contributed by atoms with E-state index in [1.54, 1.807) is 11.1 Å². The van der Waals surface area contributed by atoms with Gasteiger partial charge in [0.2, 0.25) is 5.91 Å². The quantitative estimate of drug-likeness (QED) is 0.107. The van der Waals surface area contributed by atoms with Crippen LogP contribution in [0.25, 0.3) is 33.6 Å². The Bertz CT molecular complexity index is 1950. The van der Waals surface area contributed by atoms with Crippen molar-refractivity contribution < 1.29 is 23.9 Å². The molecule has 0 bridgehead atoms. The average Bonchev–Trinajstić information content (AvgIpc) is 4.00. The standard InChI is InChI=1S/C41H47N7O5/c1-4-21-47(39(49)35-12-9-23-53-35)26-36-42-24-33(44-36)30-17-13-28(14-18-30)29-15-19-31(20-16-29)34-25-43-37(45-34)27-48(22-5-2)40(50)38(46-41(51)52-3)32-10-7-6-8-11-32/h6-8,10-11,13-20,24-25,35,38H,4-5,9,12,21-23,26-27H2,1-3H3,(H,42,44)(H,43,45)(H,46,51)/t35-,38-/m1/s1. The van der Waals surface area contributed by atoms with Gasteiger partial charge in [0, 0.05) is 19.7 Å². The van der Waals surface area contributed by atoms with E-state index in [2.05, 4.69) is 68.6 Å². The number of amides is 3. The van der Waals surface area contributed by atoms with E-state index in [0.717, 1.165) is 65.1 Å². The number of rotatable bonds is 15. The third-order valence-electron chi connectivity index (χ3n) is 9.31. The number of benzene rings is 3. The molecule has 53 heavy (non-hydrogen) atoms. The molecule has 1 saturated heterocycles. The van der Waals surface area contributed by atoms with Gasteiger partial charge in [0.05, 0.1) is 44.0 Å². The third-order valence-corrected chi connectivity index (χ3v) is 9.31. The number of hydrogen-bond donors (Lipinski definition) is 3. The number of aromatic amines is 2. The van der Waals surface area contributed by atoms with Crippen LogP contribution in [0.3, 0.4) is 0 Å². The summed E-state index contributed by atoms with van der Waals surface area (Å²) in [6, 6.07) is 24.8. The Morgan fingerprint density at radius 1 is 0.792 bits per heavy atom. The van der Waals surface area contributed by atoms with Gasteiger partial charge < -0.3 is 34.6 Å². The van der Waals surface area contributed by atoms with Gasteiger partial charge in [-0.1, -0.05) is 92.7 Å². The Hall–Kier alpha value is -5.75. The van der Waals surface area contributed by atoms with E-state index < -0.39 is 12.1 Å². The third kappa shape index (κ3) is 9.19. The Morgan fingerprint density at radius 2 is 1.32 bits per heavy atom. The average molecular weight is 718 g/mol. The molecule has 6 rings (SSSR count).